The maximum atomic E-state index is 14.2. The smallest absolute Gasteiger partial charge is 0.377 e. The van der Waals surface area contributed by atoms with E-state index in [-0.39, 0.29) is 36.3 Å². The average Bonchev–Trinajstić information content (AvgIpc) is 3.24. The zero-order valence-electron chi connectivity index (χ0n) is 19.0. The molecular weight excluding hydrogens is 480 g/mol. The van der Waals surface area contributed by atoms with Crippen molar-refractivity contribution in [2.45, 2.75) is 38.1 Å². The van der Waals surface area contributed by atoms with Crippen molar-refractivity contribution in [3.63, 3.8) is 0 Å². The lowest BCUT2D eigenvalue weighted by Crippen LogP contribution is -2.47. The van der Waals surface area contributed by atoms with Crippen molar-refractivity contribution in [1.82, 2.24) is 19.8 Å². The van der Waals surface area contributed by atoms with Crippen LogP contribution >= 0.6 is 0 Å². The SMILES string of the molecule is O=C(O)c1cc(N(C(=O)n2nnn(-c3c(F)cccc3F)c2=O)C2CCCCC2)ccc1OCCO. The first-order chi connectivity index (χ1) is 17.3. The van der Waals surface area contributed by atoms with E-state index < -0.39 is 35.0 Å². The van der Waals surface area contributed by atoms with Crippen molar-refractivity contribution in [3.8, 4) is 11.4 Å². The van der Waals surface area contributed by atoms with Crippen LogP contribution in [0.1, 0.15) is 42.5 Å². The highest BCUT2D eigenvalue weighted by Crippen LogP contribution is 2.31. The summed E-state index contributed by atoms with van der Waals surface area (Å²) in [5.74, 6) is -3.45. The van der Waals surface area contributed by atoms with E-state index in [0.29, 0.717) is 22.2 Å². The first-order valence-electron chi connectivity index (χ1n) is 11.3. The van der Waals surface area contributed by atoms with E-state index in [1.54, 1.807) is 0 Å². The van der Waals surface area contributed by atoms with Gasteiger partial charge in [0, 0.05) is 11.7 Å². The van der Waals surface area contributed by atoms with Gasteiger partial charge in [0.1, 0.15) is 23.6 Å². The van der Waals surface area contributed by atoms with Gasteiger partial charge in [0.25, 0.3) is 0 Å². The minimum atomic E-state index is -1.32. The van der Waals surface area contributed by atoms with Crippen molar-refractivity contribution in [2.75, 3.05) is 18.1 Å². The molecule has 0 unspecified atom stereocenters. The lowest BCUT2D eigenvalue weighted by Gasteiger charge is -2.33. The summed E-state index contributed by atoms with van der Waals surface area (Å²) in [6.45, 7) is -0.454. The molecule has 2 N–H and O–H groups in total. The number of carboxylic acids is 1. The van der Waals surface area contributed by atoms with Crippen LogP contribution in [0.15, 0.2) is 41.2 Å². The Morgan fingerprint density at radius 1 is 1.08 bits per heavy atom. The Labute approximate surface area is 203 Å². The third-order valence-corrected chi connectivity index (χ3v) is 5.88. The quantitative estimate of drug-likeness (QED) is 0.469. The van der Waals surface area contributed by atoms with Crippen molar-refractivity contribution in [2.24, 2.45) is 0 Å². The van der Waals surface area contributed by atoms with Crippen molar-refractivity contribution >= 4 is 17.7 Å². The number of hydrogen-bond donors (Lipinski definition) is 2. The number of halogens is 2. The number of aromatic nitrogens is 4. The lowest BCUT2D eigenvalue weighted by molar-refractivity contribution is 0.0690. The number of aliphatic hydroxyl groups excluding tert-OH is 1. The molecule has 0 spiro atoms. The van der Waals surface area contributed by atoms with Crippen LogP contribution in [0.5, 0.6) is 5.75 Å². The molecule has 0 saturated heterocycles. The minimum absolute atomic E-state index is 0.00511. The van der Waals surface area contributed by atoms with E-state index in [2.05, 4.69) is 10.4 Å². The average molecular weight is 503 g/mol. The van der Waals surface area contributed by atoms with E-state index in [0.717, 1.165) is 37.5 Å². The molecule has 4 rings (SSSR count). The number of anilines is 1. The molecule has 36 heavy (non-hydrogen) atoms. The Bertz CT molecular complexity index is 1310. The number of ether oxygens (including phenoxy) is 1. The summed E-state index contributed by atoms with van der Waals surface area (Å²) in [4.78, 5) is 39.7. The van der Waals surface area contributed by atoms with Gasteiger partial charge < -0.3 is 14.9 Å². The number of hydrogen-bond acceptors (Lipinski definition) is 7. The zero-order chi connectivity index (χ0) is 25.8. The largest absolute Gasteiger partial charge is 0.490 e. The van der Waals surface area contributed by atoms with Gasteiger partial charge in [0.05, 0.1) is 6.61 Å². The van der Waals surface area contributed by atoms with Crippen molar-refractivity contribution in [1.29, 1.82) is 0 Å². The summed E-state index contributed by atoms with van der Waals surface area (Å²) in [5.41, 5.74) is -2.05. The van der Waals surface area contributed by atoms with Crippen LogP contribution in [0.4, 0.5) is 19.3 Å². The molecule has 190 valence electrons. The standard InChI is InChI=1S/C23H23F2N5O6/c24-17-7-4-8-18(25)20(17)29-23(35)30(27-26-29)22(34)28(14-5-2-1-3-6-14)15-9-10-19(36-12-11-31)16(13-15)21(32)33/h4,7-10,13-14,31H,1-3,5-6,11-12H2,(H,32,33). The molecule has 1 aliphatic carbocycles. The Balaban J connectivity index is 1.78. The summed E-state index contributed by atoms with van der Waals surface area (Å²) in [5, 5.41) is 25.7. The van der Waals surface area contributed by atoms with Crippen LogP contribution in [0.25, 0.3) is 5.69 Å². The molecule has 0 atom stereocenters. The highest BCUT2D eigenvalue weighted by atomic mass is 19.1. The summed E-state index contributed by atoms with van der Waals surface area (Å²) in [6, 6.07) is 5.70. The van der Waals surface area contributed by atoms with Gasteiger partial charge in [0.15, 0.2) is 11.6 Å². The summed E-state index contributed by atoms with van der Waals surface area (Å²) < 4.78 is 34.5. The van der Waals surface area contributed by atoms with Gasteiger partial charge in [-0.1, -0.05) is 25.3 Å². The van der Waals surface area contributed by atoms with Crippen LogP contribution in [0.2, 0.25) is 0 Å². The summed E-state index contributed by atoms with van der Waals surface area (Å²) in [7, 11) is 0. The topological polar surface area (TPSA) is 140 Å². The lowest BCUT2D eigenvalue weighted by atomic mass is 9.94. The molecule has 0 aliphatic heterocycles. The molecule has 1 heterocycles. The predicted octanol–water partition coefficient (Wildman–Crippen LogP) is 2.58. The number of amides is 1. The third kappa shape index (κ3) is 4.82. The molecule has 2 aromatic carbocycles. The highest BCUT2D eigenvalue weighted by molar-refractivity contribution is 5.97. The van der Waals surface area contributed by atoms with Crippen LogP contribution in [-0.2, 0) is 0 Å². The number of nitrogens with zero attached hydrogens (tertiary/aromatic N) is 5. The molecule has 0 radical (unpaired) electrons. The number of tetrazole rings is 1. The maximum absolute atomic E-state index is 14.2. The number of benzene rings is 2. The fraction of sp³-hybridized carbons (Fsp3) is 0.348. The molecule has 1 fully saturated rings. The van der Waals surface area contributed by atoms with Gasteiger partial charge in [-0.15, -0.1) is 4.68 Å². The number of aromatic carboxylic acids is 1. The highest BCUT2D eigenvalue weighted by Gasteiger charge is 2.32. The molecule has 1 aliphatic rings. The van der Waals surface area contributed by atoms with E-state index in [4.69, 9.17) is 9.84 Å². The zero-order valence-corrected chi connectivity index (χ0v) is 19.0. The van der Waals surface area contributed by atoms with E-state index >= 15 is 0 Å². The number of para-hydroxylation sites is 1. The predicted molar refractivity (Wildman–Crippen MR) is 122 cm³/mol. The van der Waals surface area contributed by atoms with Gasteiger partial charge in [-0.25, -0.2) is 23.2 Å². The molecule has 1 saturated carbocycles. The van der Waals surface area contributed by atoms with Gasteiger partial charge in [-0.3, -0.25) is 4.90 Å². The monoisotopic (exact) mass is 503 g/mol. The number of rotatable bonds is 7. The molecule has 13 heteroatoms. The van der Waals surface area contributed by atoms with E-state index in [1.165, 1.54) is 23.1 Å². The number of carbonyl (C=O) groups is 2. The van der Waals surface area contributed by atoms with Crippen LogP contribution in [0, 0.1) is 11.6 Å². The molecule has 11 nitrogen and oxygen atoms in total. The fourth-order valence-corrected chi connectivity index (χ4v) is 4.23. The third-order valence-electron chi connectivity index (χ3n) is 5.88. The number of aliphatic hydroxyl groups is 1. The van der Waals surface area contributed by atoms with Gasteiger partial charge in [-0.05, 0) is 53.6 Å². The molecular formula is C23H23F2N5O6. The fourth-order valence-electron chi connectivity index (χ4n) is 4.23. The van der Waals surface area contributed by atoms with Crippen molar-refractivity contribution in [3.05, 3.63) is 64.1 Å². The minimum Gasteiger partial charge on any atom is -0.490 e. The molecule has 0 bridgehead atoms. The number of carbonyl (C=O) groups excluding carboxylic acids is 1. The Morgan fingerprint density at radius 2 is 1.78 bits per heavy atom. The van der Waals surface area contributed by atoms with Gasteiger partial charge in [0.2, 0.25) is 0 Å². The number of carboxylic acid groups (broad SMARTS) is 1. The molecule has 1 aromatic heterocycles. The van der Waals surface area contributed by atoms with Crippen LogP contribution < -0.4 is 15.3 Å². The van der Waals surface area contributed by atoms with E-state index in [1.807, 2.05) is 0 Å². The van der Waals surface area contributed by atoms with E-state index in [9.17, 15) is 28.3 Å². The summed E-state index contributed by atoms with van der Waals surface area (Å²) in [6.07, 6.45) is 3.74. The van der Waals surface area contributed by atoms with Gasteiger partial charge in [-0.2, -0.15) is 4.68 Å². The second kappa shape index (κ2) is 10.6. The normalized spacial score (nSPS) is 14.0. The second-order valence-corrected chi connectivity index (χ2v) is 8.16. The van der Waals surface area contributed by atoms with Crippen LogP contribution in [0.3, 0.4) is 0 Å². The first-order valence-corrected chi connectivity index (χ1v) is 11.3. The molecule has 1 amide bonds. The molecule has 3 aromatic rings. The summed E-state index contributed by atoms with van der Waals surface area (Å²) >= 11 is 0. The van der Waals surface area contributed by atoms with Crippen LogP contribution in [-0.4, -0.2) is 61.3 Å². The van der Waals surface area contributed by atoms with Gasteiger partial charge >= 0.3 is 17.7 Å². The van der Waals surface area contributed by atoms with Crippen molar-refractivity contribution < 1.29 is 33.3 Å². The second-order valence-electron chi connectivity index (χ2n) is 8.16. The first kappa shape index (κ1) is 25.0. The Morgan fingerprint density at radius 3 is 2.42 bits per heavy atom. The Kier molecular flexibility index (Phi) is 7.38. The maximum Gasteiger partial charge on any atom is 0.377 e. The Hall–Kier alpha value is -4.13.